The van der Waals surface area contributed by atoms with Crippen molar-refractivity contribution >= 4 is 11.9 Å². The Morgan fingerprint density at radius 1 is 1.19 bits per heavy atom. The number of aliphatic carboxylic acids is 1. The summed E-state index contributed by atoms with van der Waals surface area (Å²) in [4.78, 5) is 24.7. The predicted octanol–water partition coefficient (Wildman–Crippen LogP) is 1.24. The number of rotatable bonds is 2. The molecule has 1 saturated carbocycles. The highest BCUT2D eigenvalue weighted by atomic mass is 19.4. The van der Waals surface area contributed by atoms with Gasteiger partial charge in [-0.15, -0.1) is 0 Å². The van der Waals surface area contributed by atoms with Crippen LogP contribution in [0.15, 0.2) is 0 Å². The molecule has 1 amide bonds. The predicted molar refractivity (Wildman–Crippen MR) is 67.5 cm³/mol. The molecule has 1 aliphatic carbocycles. The Balaban J connectivity index is 2.17. The second-order valence-corrected chi connectivity index (χ2v) is 5.63. The summed E-state index contributed by atoms with van der Waals surface area (Å²) in [5, 5.41) is 12.0. The Bertz CT molecular complexity index is 414. The van der Waals surface area contributed by atoms with Crippen molar-refractivity contribution in [3.05, 3.63) is 0 Å². The normalized spacial score (nSPS) is 31.0. The zero-order chi connectivity index (χ0) is 15.6. The van der Waals surface area contributed by atoms with E-state index < -0.39 is 35.9 Å². The van der Waals surface area contributed by atoms with Gasteiger partial charge in [0.25, 0.3) is 0 Å². The number of carbonyl (C=O) groups excluding carboxylic acids is 1. The minimum absolute atomic E-state index is 0.0519. The lowest BCUT2D eigenvalue weighted by molar-refractivity contribution is -0.202. The molecule has 1 heterocycles. The lowest BCUT2D eigenvalue weighted by atomic mass is 9.77. The van der Waals surface area contributed by atoms with Crippen molar-refractivity contribution in [3.8, 4) is 0 Å². The number of carboxylic acids is 1. The number of carboxylic acid groups (broad SMARTS) is 1. The smallest absolute Gasteiger partial charge is 0.392 e. The summed E-state index contributed by atoms with van der Waals surface area (Å²) in [6.07, 6.45) is -3.25. The first kappa shape index (κ1) is 16.1. The number of amides is 1. The van der Waals surface area contributed by atoms with Gasteiger partial charge in [0.1, 0.15) is 6.04 Å². The van der Waals surface area contributed by atoms with E-state index in [9.17, 15) is 22.8 Å². The van der Waals surface area contributed by atoms with Gasteiger partial charge in [0.2, 0.25) is 5.91 Å². The third-order valence-corrected chi connectivity index (χ3v) is 4.32. The average Bonchev–Trinajstić information content (AvgIpc) is 2.45. The van der Waals surface area contributed by atoms with Crippen LogP contribution in [0.25, 0.3) is 0 Å². The molecule has 1 saturated heterocycles. The number of piperazine rings is 1. The molecule has 0 aromatic carbocycles. The van der Waals surface area contributed by atoms with E-state index in [-0.39, 0.29) is 25.9 Å². The first-order valence-electron chi connectivity index (χ1n) is 7.13. The van der Waals surface area contributed by atoms with Crippen molar-refractivity contribution in [1.29, 1.82) is 0 Å². The first-order valence-corrected chi connectivity index (χ1v) is 7.13. The highest BCUT2D eigenvalue weighted by Crippen LogP contribution is 2.42. The van der Waals surface area contributed by atoms with Crippen LogP contribution in [0.5, 0.6) is 0 Å². The van der Waals surface area contributed by atoms with Crippen LogP contribution >= 0.6 is 0 Å². The van der Waals surface area contributed by atoms with Gasteiger partial charge in [-0.1, -0.05) is 12.8 Å². The van der Waals surface area contributed by atoms with Crippen molar-refractivity contribution in [3.63, 3.8) is 0 Å². The maximum absolute atomic E-state index is 13.1. The van der Waals surface area contributed by atoms with Crippen molar-refractivity contribution in [2.24, 2.45) is 11.8 Å². The van der Waals surface area contributed by atoms with E-state index in [0.29, 0.717) is 19.4 Å². The van der Waals surface area contributed by atoms with Crippen molar-refractivity contribution in [2.45, 2.75) is 37.9 Å². The summed E-state index contributed by atoms with van der Waals surface area (Å²) in [7, 11) is 0. The number of alkyl halides is 3. The summed E-state index contributed by atoms with van der Waals surface area (Å²) in [6.45, 7) is 0.611. The van der Waals surface area contributed by atoms with Gasteiger partial charge in [-0.05, 0) is 12.8 Å². The number of nitrogens with one attached hydrogen (secondary N) is 1. The van der Waals surface area contributed by atoms with Gasteiger partial charge in [0.15, 0.2) is 0 Å². The molecule has 3 atom stereocenters. The monoisotopic (exact) mass is 308 g/mol. The third-order valence-electron chi connectivity index (χ3n) is 4.32. The summed E-state index contributed by atoms with van der Waals surface area (Å²) in [6, 6.07) is -1.08. The Hall–Kier alpha value is -1.31. The quantitative estimate of drug-likeness (QED) is 0.805. The molecule has 2 rings (SSSR count). The van der Waals surface area contributed by atoms with Crippen LogP contribution in [0.3, 0.4) is 0 Å². The van der Waals surface area contributed by atoms with Crippen LogP contribution < -0.4 is 5.32 Å². The van der Waals surface area contributed by atoms with Crippen LogP contribution in [0.1, 0.15) is 25.7 Å². The molecule has 1 aliphatic heterocycles. The Morgan fingerprint density at radius 3 is 2.48 bits per heavy atom. The Kier molecular flexibility index (Phi) is 4.75. The summed E-state index contributed by atoms with van der Waals surface area (Å²) >= 11 is 0. The fraction of sp³-hybridized carbons (Fsp3) is 0.846. The molecule has 2 fully saturated rings. The van der Waals surface area contributed by atoms with Crippen LogP contribution in [-0.4, -0.2) is 53.7 Å². The maximum Gasteiger partial charge on any atom is 0.392 e. The van der Waals surface area contributed by atoms with Gasteiger partial charge >= 0.3 is 12.1 Å². The van der Waals surface area contributed by atoms with Crippen LogP contribution in [0.4, 0.5) is 13.2 Å². The van der Waals surface area contributed by atoms with Gasteiger partial charge in [-0.25, -0.2) is 4.79 Å². The molecular weight excluding hydrogens is 289 g/mol. The molecule has 3 unspecified atom stereocenters. The number of halogens is 3. The lowest BCUT2D eigenvalue weighted by Crippen LogP contribution is -2.59. The molecule has 0 aromatic rings. The van der Waals surface area contributed by atoms with E-state index in [1.807, 2.05) is 0 Å². The largest absolute Gasteiger partial charge is 0.480 e. The standard InChI is InChI=1S/C13H19F3N2O3/c14-13(15,16)9-4-2-1-3-8(9)11(19)18-6-5-17-7-10(18)12(20)21/h8-10,17H,1-7H2,(H,20,21). The molecule has 21 heavy (non-hydrogen) atoms. The lowest BCUT2D eigenvalue weighted by Gasteiger charge is -2.39. The zero-order valence-corrected chi connectivity index (χ0v) is 11.5. The van der Waals surface area contributed by atoms with Gasteiger partial charge in [-0.3, -0.25) is 4.79 Å². The molecule has 0 bridgehead atoms. The number of carbonyl (C=O) groups is 2. The Labute approximate surface area is 120 Å². The molecule has 0 spiro atoms. The second-order valence-electron chi connectivity index (χ2n) is 5.63. The minimum Gasteiger partial charge on any atom is -0.480 e. The average molecular weight is 308 g/mol. The topological polar surface area (TPSA) is 69.6 Å². The van der Waals surface area contributed by atoms with E-state index in [1.165, 1.54) is 0 Å². The van der Waals surface area contributed by atoms with Crippen LogP contribution in [0, 0.1) is 11.8 Å². The van der Waals surface area contributed by atoms with Crippen molar-refractivity contribution < 1.29 is 27.9 Å². The zero-order valence-electron chi connectivity index (χ0n) is 11.5. The summed E-state index contributed by atoms with van der Waals surface area (Å²) in [5.74, 6) is -4.64. The van der Waals surface area contributed by atoms with E-state index in [1.54, 1.807) is 0 Å². The fourth-order valence-electron chi connectivity index (χ4n) is 3.22. The number of hydrogen-bond donors (Lipinski definition) is 2. The van der Waals surface area contributed by atoms with Crippen molar-refractivity contribution in [2.75, 3.05) is 19.6 Å². The highest BCUT2D eigenvalue weighted by molar-refractivity contribution is 5.85. The van der Waals surface area contributed by atoms with Crippen LogP contribution in [-0.2, 0) is 9.59 Å². The number of nitrogens with zero attached hydrogens (tertiary/aromatic N) is 1. The molecular formula is C13H19F3N2O3. The third kappa shape index (κ3) is 3.48. The van der Waals surface area contributed by atoms with Gasteiger partial charge in [0, 0.05) is 25.6 Å². The van der Waals surface area contributed by atoms with Crippen LogP contribution in [0.2, 0.25) is 0 Å². The molecule has 5 nitrogen and oxygen atoms in total. The Morgan fingerprint density at radius 2 is 1.86 bits per heavy atom. The molecule has 120 valence electrons. The highest BCUT2D eigenvalue weighted by Gasteiger charge is 2.50. The van der Waals surface area contributed by atoms with Crippen molar-refractivity contribution in [1.82, 2.24) is 10.2 Å². The van der Waals surface area contributed by atoms with E-state index in [4.69, 9.17) is 5.11 Å². The molecule has 0 radical (unpaired) electrons. The SMILES string of the molecule is O=C(O)C1CNCCN1C(=O)C1CCCCC1C(F)(F)F. The first-order chi connectivity index (χ1) is 9.82. The van der Waals surface area contributed by atoms with E-state index in [2.05, 4.69) is 5.32 Å². The molecule has 2 aliphatic rings. The van der Waals surface area contributed by atoms with Gasteiger partial charge < -0.3 is 15.3 Å². The minimum atomic E-state index is -4.41. The summed E-state index contributed by atoms with van der Waals surface area (Å²) in [5.41, 5.74) is 0. The molecule has 2 N–H and O–H groups in total. The van der Waals surface area contributed by atoms with E-state index >= 15 is 0 Å². The second kappa shape index (κ2) is 6.21. The van der Waals surface area contributed by atoms with Gasteiger partial charge in [0.05, 0.1) is 5.92 Å². The molecule has 8 heteroatoms. The fourth-order valence-corrected chi connectivity index (χ4v) is 3.22. The number of hydrogen-bond acceptors (Lipinski definition) is 3. The maximum atomic E-state index is 13.1. The van der Waals surface area contributed by atoms with Gasteiger partial charge in [-0.2, -0.15) is 13.2 Å². The summed E-state index contributed by atoms with van der Waals surface area (Å²) < 4.78 is 39.2. The van der Waals surface area contributed by atoms with E-state index in [0.717, 1.165) is 4.90 Å². The molecule has 0 aromatic heterocycles.